The van der Waals surface area contributed by atoms with Crippen molar-refractivity contribution in [2.24, 2.45) is 0 Å². The van der Waals surface area contributed by atoms with E-state index >= 15 is 0 Å². The van der Waals surface area contributed by atoms with Crippen molar-refractivity contribution in [3.05, 3.63) is 39.4 Å². The van der Waals surface area contributed by atoms with E-state index < -0.39 is 27.8 Å². The van der Waals surface area contributed by atoms with Crippen LogP contribution < -0.4 is 11.5 Å². The highest BCUT2D eigenvalue weighted by Crippen LogP contribution is 2.31. The van der Waals surface area contributed by atoms with Gasteiger partial charge < -0.3 is 11.5 Å². The van der Waals surface area contributed by atoms with Crippen LogP contribution in [0.2, 0.25) is 0 Å². The van der Waals surface area contributed by atoms with Crippen LogP contribution in [-0.4, -0.2) is 14.9 Å². The van der Waals surface area contributed by atoms with E-state index in [4.69, 9.17) is 16.7 Å². The van der Waals surface area contributed by atoms with Crippen LogP contribution in [0.5, 0.6) is 0 Å². The first-order valence-corrected chi connectivity index (χ1v) is 5.32. The van der Waals surface area contributed by atoms with Crippen LogP contribution in [-0.2, 0) is 0 Å². The van der Waals surface area contributed by atoms with E-state index in [0.717, 1.165) is 0 Å². The minimum atomic E-state index is -1.35. The molecule has 0 aliphatic heterocycles. The van der Waals surface area contributed by atoms with Crippen LogP contribution in [0.15, 0.2) is 12.1 Å². The summed E-state index contributed by atoms with van der Waals surface area (Å²) < 4.78 is 27.2. The average Bonchev–Trinajstić information content (AvgIpc) is 2.37. The zero-order chi connectivity index (χ0) is 15.7. The molecule has 8 nitrogen and oxygen atoms in total. The second kappa shape index (κ2) is 4.97. The summed E-state index contributed by atoms with van der Waals surface area (Å²) in [5.74, 6) is -3.17. The van der Waals surface area contributed by atoms with Crippen molar-refractivity contribution in [2.45, 2.75) is 0 Å². The quantitative estimate of drug-likeness (QED) is 0.627. The molecule has 0 spiro atoms. The zero-order valence-corrected chi connectivity index (χ0v) is 10.2. The summed E-state index contributed by atoms with van der Waals surface area (Å²) in [7, 11) is 0. The summed E-state index contributed by atoms with van der Waals surface area (Å²) in [5, 5.41) is 19.7. The molecular weight excluding hydrogens is 286 g/mol. The highest BCUT2D eigenvalue weighted by atomic mass is 19.1. The largest absolute Gasteiger partial charge is 0.382 e. The number of aromatic nitrogens is 2. The highest BCUT2D eigenvalue weighted by molar-refractivity contribution is 5.74. The molecule has 0 saturated carbocycles. The molecule has 0 unspecified atom stereocenters. The summed E-state index contributed by atoms with van der Waals surface area (Å²) in [4.78, 5) is 16.8. The number of anilines is 2. The lowest BCUT2D eigenvalue weighted by Gasteiger charge is -2.08. The van der Waals surface area contributed by atoms with Gasteiger partial charge in [-0.05, 0) is 0 Å². The van der Waals surface area contributed by atoms with E-state index in [2.05, 4.69) is 9.97 Å². The maximum Gasteiger partial charge on any atom is 0.305 e. The second-order valence-corrected chi connectivity index (χ2v) is 3.84. The lowest BCUT2D eigenvalue weighted by atomic mass is 10.1. The standard InChI is InChI=1S/C11H6F2N6O2/c12-6-2-7(13)8(19(20)21)1-4(6)9-5(3-14)10(15)18-11(16)17-9/h1-2H,(H4,15,16,17,18). The Morgan fingerprint density at radius 1 is 1.24 bits per heavy atom. The van der Waals surface area contributed by atoms with Gasteiger partial charge in [-0.15, -0.1) is 0 Å². The molecule has 1 aromatic carbocycles. The van der Waals surface area contributed by atoms with Gasteiger partial charge in [0.2, 0.25) is 11.8 Å². The van der Waals surface area contributed by atoms with Crippen molar-refractivity contribution >= 4 is 17.5 Å². The highest BCUT2D eigenvalue weighted by Gasteiger charge is 2.23. The first-order chi connectivity index (χ1) is 9.85. The number of nitriles is 1. The lowest BCUT2D eigenvalue weighted by molar-refractivity contribution is -0.387. The van der Waals surface area contributed by atoms with E-state index in [0.29, 0.717) is 12.1 Å². The molecule has 0 fully saturated rings. The van der Waals surface area contributed by atoms with Gasteiger partial charge in [-0.3, -0.25) is 10.1 Å². The van der Waals surface area contributed by atoms with Crippen LogP contribution in [0, 0.1) is 33.1 Å². The Morgan fingerprint density at radius 3 is 2.48 bits per heavy atom. The van der Waals surface area contributed by atoms with Gasteiger partial charge in [-0.25, -0.2) is 9.37 Å². The number of nitrogen functional groups attached to an aromatic ring is 2. The van der Waals surface area contributed by atoms with Crippen LogP contribution >= 0.6 is 0 Å². The summed E-state index contributed by atoms with van der Waals surface area (Å²) in [6.07, 6.45) is 0. The summed E-state index contributed by atoms with van der Waals surface area (Å²) >= 11 is 0. The average molecular weight is 292 g/mol. The Balaban J connectivity index is 2.82. The number of hydrogen-bond acceptors (Lipinski definition) is 7. The number of benzene rings is 1. The lowest BCUT2D eigenvalue weighted by Crippen LogP contribution is -2.06. The van der Waals surface area contributed by atoms with Crippen LogP contribution in [0.3, 0.4) is 0 Å². The van der Waals surface area contributed by atoms with E-state index in [1.54, 1.807) is 6.07 Å². The summed E-state index contributed by atoms with van der Waals surface area (Å²) in [6, 6.07) is 2.58. The molecule has 0 atom stereocenters. The van der Waals surface area contributed by atoms with Crippen molar-refractivity contribution in [2.75, 3.05) is 11.5 Å². The van der Waals surface area contributed by atoms with E-state index in [9.17, 15) is 18.9 Å². The number of nitro groups is 1. The van der Waals surface area contributed by atoms with Gasteiger partial charge in [0.05, 0.1) is 10.6 Å². The predicted molar refractivity (Wildman–Crippen MR) is 67.6 cm³/mol. The number of halogens is 2. The maximum atomic E-state index is 13.8. The smallest absolute Gasteiger partial charge is 0.305 e. The SMILES string of the molecule is N#Cc1c(N)nc(N)nc1-c1cc([N+](=O)[O-])c(F)cc1F. The number of nitrogens with two attached hydrogens (primary N) is 2. The summed E-state index contributed by atoms with van der Waals surface area (Å²) in [6.45, 7) is 0. The third-order valence-corrected chi connectivity index (χ3v) is 2.55. The minimum absolute atomic E-state index is 0.314. The predicted octanol–water partition coefficient (Wildman–Crippen LogP) is 1.37. The monoisotopic (exact) mass is 292 g/mol. The number of rotatable bonds is 2. The Labute approximate surface area is 115 Å². The maximum absolute atomic E-state index is 13.8. The van der Waals surface area contributed by atoms with E-state index in [-0.39, 0.29) is 23.0 Å². The minimum Gasteiger partial charge on any atom is -0.382 e. The third-order valence-electron chi connectivity index (χ3n) is 2.55. The van der Waals surface area contributed by atoms with E-state index in [1.165, 1.54) is 0 Å². The molecule has 0 amide bonds. The van der Waals surface area contributed by atoms with Crippen molar-refractivity contribution in [1.82, 2.24) is 9.97 Å². The van der Waals surface area contributed by atoms with Crippen LogP contribution in [0.4, 0.5) is 26.2 Å². The molecule has 0 bridgehead atoms. The van der Waals surface area contributed by atoms with Gasteiger partial charge >= 0.3 is 5.69 Å². The van der Waals surface area contributed by atoms with Crippen molar-refractivity contribution in [3.63, 3.8) is 0 Å². The molecule has 106 valence electrons. The molecule has 2 rings (SSSR count). The van der Waals surface area contributed by atoms with Gasteiger partial charge in [0.25, 0.3) is 0 Å². The molecule has 1 heterocycles. The first kappa shape index (κ1) is 14.1. The molecule has 0 saturated heterocycles. The van der Waals surface area contributed by atoms with Crippen molar-refractivity contribution < 1.29 is 13.7 Å². The Bertz CT molecular complexity index is 802. The normalized spacial score (nSPS) is 10.1. The van der Waals surface area contributed by atoms with Crippen molar-refractivity contribution in [3.8, 4) is 17.3 Å². The van der Waals surface area contributed by atoms with E-state index in [1.807, 2.05) is 0 Å². The topological polar surface area (TPSA) is 145 Å². The molecule has 2 aromatic rings. The molecule has 4 N–H and O–H groups in total. The van der Waals surface area contributed by atoms with Crippen LogP contribution in [0.1, 0.15) is 5.56 Å². The molecule has 0 aliphatic rings. The fourth-order valence-electron chi connectivity index (χ4n) is 1.66. The van der Waals surface area contributed by atoms with Gasteiger partial charge in [0, 0.05) is 17.7 Å². The summed E-state index contributed by atoms with van der Waals surface area (Å²) in [5.41, 5.74) is 8.72. The number of nitro benzene ring substituents is 1. The molecule has 10 heteroatoms. The number of nitrogens with zero attached hydrogens (tertiary/aromatic N) is 4. The fraction of sp³-hybridized carbons (Fsp3) is 0. The van der Waals surface area contributed by atoms with Gasteiger partial charge in [0.1, 0.15) is 23.3 Å². The van der Waals surface area contributed by atoms with Gasteiger partial charge in [0.15, 0.2) is 0 Å². The fourth-order valence-corrected chi connectivity index (χ4v) is 1.66. The molecular formula is C11H6F2N6O2. The first-order valence-electron chi connectivity index (χ1n) is 5.32. The third kappa shape index (κ3) is 2.39. The number of hydrogen-bond donors (Lipinski definition) is 2. The van der Waals surface area contributed by atoms with Crippen LogP contribution in [0.25, 0.3) is 11.3 Å². The Morgan fingerprint density at radius 2 is 1.90 bits per heavy atom. The van der Waals surface area contributed by atoms with Gasteiger partial charge in [-0.1, -0.05) is 0 Å². The Hall–Kier alpha value is -3.35. The molecule has 1 aromatic heterocycles. The second-order valence-electron chi connectivity index (χ2n) is 3.84. The Kier molecular flexibility index (Phi) is 3.33. The molecule has 21 heavy (non-hydrogen) atoms. The molecule has 0 radical (unpaired) electrons. The zero-order valence-electron chi connectivity index (χ0n) is 10.2. The van der Waals surface area contributed by atoms with Crippen molar-refractivity contribution in [1.29, 1.82) is 5.26 Å². The molecule has 0 aliphatic carbocycles. The van der Waals surface area contributed by atoms with Gasteiger partial charge in [-0.2, -0.15) is 14.6 Å².